The second-order valence-electron chi connectivity index (χ2n) is 3.61. The van der Waals surface area contributed by atoms with E-state index in [4.69, 9.17) is 5.26 Å². The number of nitrogens with zero attached hydrogens (tertiary/aromatic N) is 2. The van der Waals surface area contributed by atoms with Gasteiger partial charge in [0, 0.05) is 11.5 Å². The van der Waals surface area contributed by atoms with E-state index < -0.39 is 0 Å². The van der Waals surface area contributed by atoms with E-state index in [1.165, 1.54) is 4.90 Å². The minimum absolute atomic E-state index is 0.0450. The van der Waals surface area contributed by atoms with E-state index in [1.807, 2.05) is 30.3 Å². The van der Waals surface area contributed by atoms with Crippen LogP contribution in [0.3, 0.4) is 0 Å². The molecular formula is C12H13BrN2O. The largest absolute Gasteiger partial charge is 0.330 e. The minimum atomic E-state index is -0.386. The fourth-order valence-electron chi connectivity index (χ4n) is 1.20. The van der Waals surface area contributed by atoms with Crippen LogP contribution < -0.4 is 0 Å². The second-order valence-corrected chi connectivity index (χ2v) is 4.53. The van der Waals surface area contributed by atoms with Crippen LogP contribution in [0.5, 0.6) is 0 Å². The molecule has 1 aromatic rings. The van der Waals surface area contributed by atoms with Gasteiger partial charge in [-0.3, -0.25) is 4.79 Å². The first-order valence-electron chi connectivity index (χ1n) is 4.94. The summed E-state index contributed by atoms with van der Waals surface area (Å²) < 4.78 is 0.988. The Bertz CT molecular complexity index is 408. The van der Waals surface area contributed by atoms with E-state index >= 15 is 0 Å². The zero-order valence-corrected chi connectivity index (χ0v) is 10.9. The van der Waals surface area contributed by atoms with Crippen molar-refractivity contribution < 1.29 is 4.79 Å². The minimum Gasteiger partial charge on any atom is -0.330 e. The number of nitriles is 1. The first kappa shape index (κ1) is 12.7. The second kappa shape index (κ2) is 5.66. The van der Waals surface area contributed by atoms with Gasteiger partial charge in [-0.05, 0) is 24.6 Å². The molecular weight excluding hydrogens is 268 g/mol. The highest BCUT2D eigenvalue weighted by molar-refractivity contribution is 9.10. The number of rotatable bonds is 3. The number of carbonyl (C=O) groups excluding carboxylic acids is 1. The first-order valence-corrected chi connectivity index (χ1v) is 5.73. The molecule has 16 heavy (non-hydrogen) atoms. The third-order valence-corrected chi connectivity index (χ3v) is 2.96. The zero-order valence-electron chi connectivity index (χ0n) is 9.27. The van der Waals surface area contributed by atoms with Gasteiger partial charge in [0.2, 0.25) is 5.91 Å². The zero-order chi connectivity index (χ0) is 12.1. The quantitative estimate of drug-likeness (QED) is 0.853. The van der Waals surface area contributed by atoms with Crippen molar-refractivity contribution in [3.63, 3.8) is 0 Å². The van der Waals surface area contributed by atoms with Crippen molar-refractivity contribution >= 4 is 21.8 Å². The molecule has 0 aliphatic rings. The van der Waals surface area contributed by atoms with Crippen molar-refractivity contribution in [2.45, 2.75) is 19.4 Å². The van der Waals surface area contributed by atoms with E-state index in [0.29, 0.717) is 6.42 Å². The van der Waals surface area contributed by atoms with Gasteiger partial charge in [0.25, 0.3) is 0 Å². The Labute approximate surface area is 104 Å². The van der Waals surface area contributed by atoms with Gasteiger partial charge in [0.15, 0.2) is 0 Å². The van der Waals surface area contributed by atoms with E-state index in [1.54, 1.807) is 14.0 Å². The molecule has 1 unspecified atom stereocenters. The van der Waals surface area contributed by atoms with Crippen LogP contribution in [0.1, 0.15) is 12.5 Å². The van der Waals surface area contributed by atoms with Crippen LogP contribution in [0.4, 0.5) is 0 Å². The summed E-state index contributed by atoms with van der Waals surface area (Å²) in [5.41, 5.74) is 0.949. The van der Waals surface area contributed by atoms with Crippen LogP contribution in [0.25, 0.3) is 0 Å². The summed E-state index contributed by atoms with van der Waals surface area (Å²) in [6.45, 7) is 1.71. The molecule has 1 rings (SSSR count). The van der Waals surface area contributed by atoms with Crippen LogP contribution in [-0.4, -0.2) is 23.9 Å². The van der Waals surface area contributed by atoms with Crippen molar-refractivity contribution in [2.75, 3.05) is 7.05 Å². The maximum Gasteiger partial charge on any atom is 0.227 e. The van der Waals surface area contributed by atoms with Gasteiger partial charge in [0.1, 0.15) is 6.04 Å². The van der Waals surface area contributed by atoms with Crippen molar-refractivity contribution in [3.05, 3.63) is 34.3 Å². The van der Waals surface area contributed by atoms with Crippen molar-refractivity contribution in [1.29, 1.82) is 5.26 Å². The lowest BCUT2D eigenvalue weighted by atomic mass is 10.1. The number of amides is 1. The van der Waals surface area contributed by atoms with Crippen molar-refractivity contribution in [1.82, 2.24) is 4.90 Å². The molecule has 1 atom stereocenters. The molecule has 0 aromatic heterocycles. The highest BCUT2D eigenvalue weighted by atomic mass is 79.9. The maximum atomic E-state index is 11.8. The first-order chi connectivity index (χ1) is 7.54. The SMILES string of the molecule is CC(C#N)N(C)C(=O)Cc1ccc(Br)cc1. The monoisotopic (exact) mass is 280 g/mol. The Morgan fingerprint density at radius 1 is 1.50 bits per heavy atom. The molecule has 0 heterocycles. The number of hydrogen-bond donors (Lipinski definition) is 0. The fraction of sp³-hybridized carbons (Fsp3) is 0.333. The Kier molecular flexibility index (Phi) is 4.51. The lowest BCUT2D eigenvalue weighted by Gasteiger charge is -2.19. The van der Waals surface area contributed by atoms with Gasteiger partial charge in [-0.15, -0.1) is 0 Å². The molecule has 0 aliphatic heterocycles. The molecule has 84 valence electrons. The molecule has 0 bridgehead atoms. The fourth-order valence-corrected chi connectivity index (χ4v) is 1.47. The lowest BCUT2D eigenvalue weighted by molar-refractivity contribution is -0.130. The van der Waals surface area contributed by atoms with E-state index in [0.717, 1.165) is 10.0 Å². The molecule has 0 radical (unpaired) electrons. The van der Waals surface area contributed by atoms with Crippen LogP contribution in [0.2, 0.25) is 0 Å². The van der Waals surface area contributed by atoms with Gasteiger partial charge in [-0.25, -0.2) is 0 Å². The van der Waals surface area contributed by atoms with Gasteiger partial charge in [-0.1, -0.05) is 28.1 Å². The molecule has 0 aliphatic carbocycles. The molecule has 3 nitrogen and oxygen atoms in total. The standard InChI is InChI=1S/C12H13BrN2O/c1-9(8-14)15(2)12(16)7-10-3-5-11(13)6-4-10/h3-6,9H,7H2,1-2H3. The van der Waals surface area contributed by atoms with Crippen molar-refractivity contribution in [3.8, 4) is 6.07 Å². The Morgan fingerprint density at radius 3 is 2.56 bits per heavy atom. The summed E-state index contributed by atoms with van der Waals surface area (Å²) in [6.07, 6.45) is 0.329. The highest BCUT2D eigenvalue weighted by Gasteiger charge is 2.14. The number of carbonyl (C=O) groups is 1. The van der Waals surface area contributed by atoms with Gasteiger partial charge >= 0.3 is 0 Å². The average Bonchev–Trinajstić information content (AvgIpc) is 2.30. The number of likely N-dealkylation sites (N-methyl/N-ethyl adjacent to an activating group) is 1. The van der Waals surface area contributed by atoms with Crippen LogP contribution in [-0.2, 0) is 11.2 Å². The predicted molar refractivity (Wildman–Crippen MR) is 65.7 cm³/mol. The van der Waals surface area contributed by atoms with Crippen LogP contribution >= 0.6 is 15.9 Å². The smallest absolute Gasteiger partial charge is 0.227 e. The van der Waals surface area contributed by atoms with E-state index in [-0.39, 0.29) is 11.9 Å². The summed E-state index contributed by atoms with van der Waals surface area (Å²) in [4.78, 5) is 13.2. The summed E-state index contributed by atoms with van der Waals surface area (Å²) in [7, 11) is 1.65. The topological polar surface area (TPSA) is 44.1 Å². The van der Waals surface area contributed by atoms with Crippen LogP contribution in [0.15, 0.2) is 28.7 Å². The summed E-state index contributed by atoms with van der Waals surface area (Å²) in [5, 5.41) is 8.71. The molecule has 1 amide bonds. The van der Waals surface area contributed by atoms with Crippen LogP contribution in [0, 0.1) is 11.3 Å². The number of halogens is 1. The maximum absolute atomic E-state index is 11.8. The molecule has 4 heteroatoms. The normalized spacial score (nSPS) is 11.6. The van der Waals surface area contributed by atoms with E-state index in [2.05, 4.69) is 15.9 Å². The van der Waals surface area contributed by atoms with Gasteiger partial charge < -0.3 is 4.90 Å². The van der Waals surface area contributed by atoms with E-state index in [9.17, 15) is 4.79 Å². The summed E-state index contributed by atoms with van der Waals surface area (Å²) in [5.74, 6) is -0.0450. The molecule has 0 saturated carbocycles. The molecule has 0 fully saturated rings. The Hall–Kier alpha value is -1.34. The number of benzene rings is 1. The molecule has 0 N–H and O–H groups in total. The van der Waals surface area contributed by atoms with Gasteiger partial charge in [-0.2, -0.15) is 5.26 Å². The molecule has 1 aromatic carbocycles. The average molecular weight is 281 g/mol. The predicted octanol–water partition coefficient (Wildman–Crippen LogP) is 2.36. The third-order valence-electron chi connectivity index (χ3n) is 2.43. The van der Waals surface area contributed by atoms with Crippen molar-refractivity contribution in [2.24, 2.45) is 0 Å². The lowest BCUT2D eigenvalue weighted by Crippen LogP contribution is -2.35. The Morgan fingerprint density at radius 2 is 2.06 bits per heavy atom. The summed E-state index contributed by atoms with van der Waals surface area (Å²) in [6, 6.07) is 9.24. The Balaban J connectivity index is 2.65. The van der Waals surface area contributed by atoms with Gasteiger partial charge in [0.05, 0.1) is 12.5 Å². The highest BCUT2D eigenvalue weighted by Crippen LogP contribution is 2.11. The molecule has 0 spiro atoms. The summed E-state index contributed by atoms with van der Waals surface area (Å²) >= 11 is 3.34. The third kappa shape index (κ3) is 3.35. The molecule has 0 saturated heterocycles. The number of hydrogen-bond acceptors (Lipinski definition) is 2.